The predicted molar refractivity (Wildman–Crippen MR) is 86.4 cm³/mol. The molecule has 0 saturated heterocycles. The molecule has 8 heteroatoms. The van der Waals surface area contributed by atoms with Gasteiger partial charge in [0.05, 0.1) is 10.6 Å². The number of rotatable bonds is 4. The SMILES string of the molecule is Cc1nc(-c2cccc(S(=O)(=O)Nc3ccc(F)cc3C)c2)no1. The summed E-state index contributed by atoms with van der Waals surface area (Å²) in [4.78, 5) is 4.12. The van der Waals surface area contributed by atoms with Crippen LogP contribution in [-0.2, 0) is 10.0 Å². The number of hydrogen-bond donors (Lipinski definition) is 1. The first-order chi connectivity index (χ1) is 11.3. The quantitative estimate of drug-likeness (QED) is 0.783. The van der Waals surface area contributed by atoms with E-state index in [9.17, 15) is 12.8 Å². The number of hydrogen-bond acceptors (Lipinski definition) is 5. The average Bonchev–Trinajstić information content (AvgIpc) is 2.97. The lowest BCUT2D eigenvalue weighted by Crippen LogP contribution is -2.14. The van der Waals surface area contributed by atoms with Crippen molar-refractivity contribution in [3.8, 4) is 11.4 Å². The summed E-state index contributed by atoms with van der Waals surface area (Å²) in [6.07, 6.45) is 0. The van der Waals surface area contributed by atoms with Gasteiger partial charge in [0.15, 0.2) is 0 Å². The van der Waals surface area contributed by atoms with Crippen LogP contribution in [0.15, 0.2) is 51.9 Å². The summed E-state index contributed by atoms with van der Waals surface area (Å²) >= 11 is 0. The second kappa shape index (κ2) is 6.04. The Morgan fingerprint density at radius 3 is 2.58 bits per heavy atom. The monoisotopic (exact) mass is 347 g/mol. The molecule has 3 aromatic rings. The van der Waals surface area contributed by atoms with E-state index in [1.165, 1.54) is 30.3 Å². The number of aryl methyl sites for hydroxylation is 2. The van der Waals surface area contributed by atoms with Crippen molar-refractivity contribution in [2.45, 2.75) is 18.7 Å². The summed E-state index contributed by atoms with van der Waals surface area (Å²) in [6.45, 7) is 3.27. The topological polar surface area (TPSA) is 85.1 Å². The van der Waals surface area contributed by atoms with Gasteiger partial charge in [-0.3, -0.25) is 4.72 Å². The van der Waals surface area contributed by atoms with Crippen LogP contribution in [0, 0.1) is 19.7 Å². The summed E-state index contributed by atoms with van der Waals surface area (Å²) < 4.78 is 45.6. The number of nitrogens with one attached hydrogen (secondary N) is 1. The van der Waals surface area contributed by atoms with Crippen LogP contribution in [0.25, 0.3) is 11.4 Å². The maximum atomic E-state index is 13.1. The van der Waals surface area contributed by atoms with E-state index >= 15 is 0 Å². The Balaban J connectivity index is 1.95. The van der Waals surface area contributed by atoms with Crippen LogP contribution in [0.2, 0.25) is 0 Å². The van der Waals surface area contributed by atoms with Crippen LogP contribution >= 0.6 is 0 Å². The van der Waals surface area contributed by atoms with Gasteiger partial charge in [-0.05, 0) is 42.8 Å². The Morgan fingerprint density at radius 1 is 1.12 bits per heavy atom. The van der Waals surface area contributed by atoms with E-state index in [0.29, 0.717) is 28.5 Å². The Bertz CT molecular complexity index is 999. The van der Waals surface area contributed by atoms with Gasteiger partial charge in [0.25, 0.3) is 10.0 Å². The standard InChI is InChI=1S/C16H14FN3O3S/c1-10-8-13(17)6-7-15(10)20-24(21,22)14-5-3-4-12(9-14)16-18-11(2)23-19-16/h3-9,20H,1-2H3. The molecule has 3 rings (SSSR count). The van der Waals surface area contributed by atoms with Crippen molar-refractivity contribution in [1.29, 1.82) is 0 Å². The highest BCUT2D eigenvalue weighted by atomic mass is 32.2. The molecule has 24 heavy (non-hydrogen) atoms. The molecule has 0 fully saturated rings. The van der Waals surface area contributed by atoms with E-state index in [0.717, 1.165) is 0 Å². The Kier molecular flexibility index (Phi) is 4.06. The molecule has 0 unspecified atom stereocenters. The minimum absolute atomic E-state index is 0.0474. The first kappa shape index (κ1) is 16.1. The lowest BCUT2D eigenvalue weighted by Gasteiger charge is -2.11. The fourth-order valence-corrected chi connectivity index (χ4v) is 3.34. The van der Waals surface area contributed by atoms with Crippen molar-refractivity contribution in [2.75, 3.05) is 4.72 Å². The molecule has 0 radical (unpaired) electrons. The Labute approximate surface area is 138 Å². The summed E-state index contributed by atoms with van der Waals surface area (Å²) in [5.41, 5.74) is 1.33. The summed E-state index contributed by atoms with van der Waals surface area (Å²) in [5.74, 6) is 0.269. The van der Waals surface area contributed by atoms with E-state index in [-0.39, 0.29) is 4.90 Å². The minimum Gasteiger partial charge on any atom is -0.339 e. The van der Waals surface area contributed by atoms with Crippen LogP contribution in [0.1, 0.15) is 11.5 Å². The summed E-state index contributed by atoms with van der Waals surface area (Å²) in [7, 11) is -3.83. The van der Waals surface area contributed by atoms with Gasteiger partial charge in [-0.2, -0.15) is 4.98 Å². The molecular weight excluding hydrogens is 333 g/mol. The highest BCUT2D eigenvalue weighted by Gasteiger charge is 2.17. The maximum Gasteiger partial charge on any atom is 0.261 e. The summed E-state index contributed by atoms with van der Waals surface area (Å²) in [6, 6.07) is 10.0. The van der Waals surface area contributed by atoms with Crippen molar-refractivity contribution in [2.24, 2.45) is 0 Å². The molecule has 0 amide bonds. The molecule has 1 aromatic heterocycles. The number of halogens is 1. The third kappa shape index (κ3) is 3.28. The number of nitrogens with zero attached hydrogens (tertiary/aromatic N) is 2. The molecule has 0 atom stereocenters. The number of anilines is 1. The van der Waals surface area contributed by atoms with E-state index < -0.39 is 15.8 Å². The van der Waals surface area contributed by atoms with Crippen molar-refractivity contribution in [1.82, 2.24) is 10.1 Å². The zero-order valence-electron chi connectivity index (χ0n) is 12.9. The summed E-state index contributed by atoms with van der Waals surface area (Å²) in [5, 5.41) is 3.77. The van der Waals surface area contributed by atoms with E-state index in [4.69, 9.17) is 4.52 Å². The van der Waals surface area contributed by atoms with Gasteiger partial charge in [0, 0.05) is 12.5 Å². The van der Waals surface area contributed by atoms with Crippen molar-refractivity contribution in [3.05, 3.63) is 59.7 Å². The minimum atomic E-state index is -3.83. The molecule has 2 aromatic carbocycles. The fraction of sp³-hybridized carbons (Fsp3) is 0.125. The van der Waals surface area contributed by atoms with Crippen LogP contribution in [0.5, 0.6) is 0 Å². The van der Waals surface area contributed by atoms with Crippen LogP contribution in [0.4, 0.5) is 10.1 Å². The predicted octanol–water partition coefficient (Wildman–Crippen LogP) is 3.29. The van der Waals surface area contributed by atoms with Gasteiger partial charge in [-0.15, -0.1) is 0 Å². The highest BCUT2D eigenvalue weighted by Crippen LogP contribution is 2.23. The van der Waals surface area contributed by atoms with Gasteiger partial charge in [0.1, 0.15) is 5.82 Å². The first-order valence-electron chi connectivity index (χ1n) is 7.05. The van der Waals surface area contributed by atoms with Gasteiger partial charge in [0.2, 0.25) is 11.7 Å². The molecule has 1 heterocycles. The molecule has 124 valence electrons. The molecular formula is C16H14FN3O3S. The van der Waals surface area contributed by atoms with E-state index in [1.54, 1.807) is 26.0 Å². The van der Waals surface area contributed by atoms with Crippen LogP contribution < -0.4 is 4.72 Å². The van der Waals surface area contributed by atoms with Crippen molar-refractivity contribution >= 4 is 15.7 Å². The normalized spacial score (nSPS) is 11.5. The molecule has 0 saturated carbocycles. The molecule has 1 N–H and O–H groups in total. The van der Waals surface area contributed by atoms with Gasteiger partial charge < -0.3 is 4.52 Å². The second-order valence-electron chi connectivity index (χ2n) is 5.23. The average molecular weight is 347 g/mol. The fourth-order valence-electron chi connectivity index (χ4n) is 2.16. The lowest BCUT2D eigenvalue weighted by molar-refractivity contribution is 0.394. The lowest BCUT2D eigenvalue weighted by atomic mass is 10.2. The molecule has 0 aliphatic carbocycles. The molecule has 0 spiro atoms. The van der Waals surface area contributed by atoms with Crippen molar-refractivity contribution in [3.63, 3.8) is 0 Å². The molecule has 0 aliphatic rings. The van der Waals surface area contributed by atoms with Crippen molar-refractivity contribution < 1.29 is 17.3 Å². The number of benzene rings is 2. The Morgan fingerprint density at radius 2 is 1.92 bits per heavy atom. The molecule has 0 aliphatic heterocycles. The maximum absolute atomic E-state index is 13.1. The second-order valence-corrected chi connectivity index (χ2v) is 6.91. The van der Waals surface area contributed by atoms with Gasteiger partial charge >= 0.3 is 0 Å². The number of aromatic nitrogens is 2. The number of sulfonamides is 1. The highest BCUT2D eigenvalue weighted by molar-refractivity contribution is 7.92. The molecule has 0 bridgehead atoms. The third-order valence-corrected chi connectivity index (χ3v) is 4.73. The van der Waals surface area contributed by atoms with Crippen LogP contribution in [-0.4, -0.2) is 18.6 Å². The van der Waals surface area contributed by atoms with Gasteiger partial charge in [-0.25, -0.2) is 12.8 Å². The molecule has 6 nitrogen and oxygen atoms in total. The van der Waals surface area contributed by atoms with Gasteiger partial charge in [-0.1, -0.05) is 17.3 Å². The first-order valence-corrected chi connectivity index (χ1v) is 8.53. The smallest absolute Gasteiger partial charge is 0.261 e. The zero-order valence-corrected chi connectivity index (χ0v) is 13.8. The van der Waals surface area contributed by atoms with E-state index in [2.05, 4.69) is 14.9 Å². The third-order valence-electron chi connectivity index (χ3n) is 3.36. The van der Waals surface area contributed by atoms with Crippen LogP contribution in [0.3, 0.4) is 0 Å². The Hall–Kier alpha value is -2.74. The van der Waals surface area contributed by atoms with E-state index in [1.807, 2.05) is 0 Å². The largest absolute Gasteiger partial charge is 0.339 e. The zero-order chi connectivity index (χ0) is 17.3.